The van der Waals surface area contributed by atoms with Crippen molar-refractivity contribution in [2.75, 3.05) is 31.3 Å². The van der Waals surface area contributed by atoms with Crippen LogP contribution in [0.5, 0.6) is 5.75 Å². The zero-order chi connectivity index (χ0) is 28.4. The van der Waals surface area contributed by atoms with Crippen LogP contribution in [0.3, 0.4) is 0 Å². The van der Waals surface area contributed by atoms with Crippen molar-refractivity contribution in [2.45, 2.75) is 19.8 Å². The number of para-hydroxylation sites is 1. The van der Waals surface area contributed by atoms with Crippen LogP contribution in [-0.2, 0) is 21.2 Å². The Bertz CT molecular complexity index is 1660. The maximum Gasteiger partial charge on any atom is 0.262 e. The first-order valence-corrected chi connectivity index (χ1v) is 14.8. The predicted molar refractivity (Wildman–Crippen MR) is 156 cm³/mol. The summed E-state index contributed by atoms with van der Waals surface area (Å²) in [7, 11) is -3.25. The van der Waals surface area contributed by atoms with E-state index in [4.69, 9.17) is 10.5 Å². The molecule has 0 saturated heterocycles. The number of primary amides is 1. The standard InChI is InChI=1S/C31H31N3O5S/c1-20-24(9-6-10-29(20)33-30(35)19-39-23-7-4-3-5-8-23)25-11-12-26(31(32)36)28-18-22(17-27(25)28)21-13-15-34(16-14-21)40(2,37)38/h3-13,17H,14-16,18-19H2,1-2H3,(H2,32,36)(H,33,35). The molecule has 0 saturated carbocycles. The minimum Gasteiger partial charge on any atom is -0.484 e. The van der Waals surface area contributed by atoms with E-state index >= 15 is 0 Å². The number of hydrogen-bond acceptors (Lipinski definition) is 5. The quantitative estimate of drug-likeness (QED) is 0.428. The second-order valence-electron chi connectivity index (χ2n) is 9.99. The SMILES string of the molecule is Cc1c(NC(=O)COc2ccccc2)cccc1-c1ccc(C(N)=O)c2c1C=C(C1=CCN(S(C)(=O)=O)CC1)C2. The van der Waals surface area contributed by atoms with Gasteiger partial charge in [0.15, 0.2) is 6.61 Å². The highest BCUT2D eigenvalue weighted by Gasteiger charge is 2.27. The summed E-state index contributed by atoms with van der Waals surface area (Å²) < 4.78 is 30.9. The summed E-state index contributed by atoms with van der Waals surface area (Å²) in [6.45, 7) is 2.57. The van der Waals surface area contributed by atoms with Crippen LogP contribution < -0.4 is 15.8 Å². The van der Waals surface area contributed by atoms with Gasteiger partial charge >= 0.3 is 0 Å². The van der Waals surface area contributed by atoms with Gasteiger partial charge < -0.3 is 15.8 Å². The third-order valence-electron chi connectivity index (χ3n) is 7.37. The fraction of sp³-hybridized carbons (Fsp3) is 0.226. The number of allylic oxidation sites excluding steroid dienone is 1. The van der Waals surface area contributed by atoms with Crippen LogP contribution in [0.2, 0.25) is 0 Å². The minimum absolute atomic E-state index is 0.117. The molecule has 1 aliphatic heterocycles. The minimum atomic E-state index is -3.25. The number of anilines is 1. The Morgan fingerprint density at radius 1 is 1.00 bits per heavy atom. The highest BCUT2D eigenvalue weighted by Crippen LogP contribution is 2.41. The molecule has 2 amide bonds. The molecule has 0 aromatic heterocycles. The van der Waals surface area contributed by atoms with Crippen molar-refractivity contribution < 1.29 is 22.7 Å². The average Bonchev–Trinajstić information content (AvgIpc) is 3.38. The summed E-state index contributed by atoms with van der Waals surface area (Å²) >= 11 is 0. The molecule has 0 bridgehead atoms. The van der Waals surface area contributed by atoms with E-state index in [9.17, 15) is 18.0 Å². The Labute approximate surface area is 234 Å². The van der Waals surface area contributed by atoms with E-state index in [0.29, 0.717) is 42.9 Å². The van der Waals surface area contributed by atoms with Gasteiger partial charge in [0.1, 0.15) is 5.75 Å². The van der Waals surface area contributed by atoms with Crippen LogP contribution in [0.4, 0.5) is 5.69 Å². The number of carbonyl (C=O) groups excluding carboxylic acids is 2. The first kappa shape index (κ1) is 27.4. The molecule has 2 aliphatic rings. The summed E-state index contributed by atoms with van der Waals surface area (Å²) in [4.78, 5) is 25.0. The zero-order valence-corrected chi connectivity index (χ0v) is 23.3. The molecule has 40 heavy (non-hydrogen) atoms. The van der Waals surface area contributed by atoms with Gasteiger partial charge in [-0.1, -0.05) is 48.6 Å². The predicted octanol–water partition coefficient (Wildman–Crippen LogP) is 4.31. The van der Waals surface area contributed by atoms with Crippen LogP contribution in [0, 0.1) is 6.92 Å². The Morgan fingerprint density at radius 2 is 1.77 bits per heavy atom. The first-order valence-electron chi connectivity index (χ1n) is 13.0. The summed E-state index contributed by atoms with van der Waals surface area (Å²) in [6.07, 6.45) is 6.39. The highest BCUT2D eigenvalue weighted by atomic mass is 32.2. The van der Waals surface area contributed by atoms with Crippen molar-refractivity contribution in [3.8, 4) is 16.9 Å². The molecule has 0 radical (unpaired) electrons. The third kappa shape index (κ3) is 5.71. The normalized spacial score (nSPS) is 15.2. The Hall–Kier alpha value is -4.21. The van der Waals surface area contributed by atoms with E-state index < -0.39 is 15.9 Å². The second kappa shape index (κ2) is 11.1. The molecule has 1 heterocycles. The van der Waals surface area contributed by atoms with Gasteiger partial charge in [-0.3, -0.25) is 9.59 Å². The molecule has 0 spiro atoms. The number of benzene rings is 3. The zero-order valence-electron chi connectivity index (χ0n) is 22.4. The lowest BCUT2D eigenvalue weighted by atomic mass is 9.90. The van der Waals surface area contributed by atoms with Gasteiger partial charge in [0.05, 0.1) is 6.26 Å². The highest BCUT2D eigenvalue weighted by molar-refractivity contribution is 7.88. The topological polar surface area (TPSA) is 119 Å². The Kier molecular flexibility index (Phi) is 7.60. The molecule has 0 unspecified atom stereocenters. The van der Waals surface area contributed by atoms with Crippen molar-refractivity contribution in [1.82, 2.24) is 4.31 Å². The molecule has 0 atom stereocenters. The van der Waals surface area contributed by atoms with Gasteiger partial charge in [-0.15, -0.1) is 0 Å². The number of ether oxygens (including phenoxy) is 1. The molecule has 3 N–H and O–H groups in total. The van der Waals surface area contributed by atoms with Crippen LogP contribution in [0.1, 0.15) is 33.5 Å². The number of hydrogen-bond donors (Lipinski definition) is 2. The van der Waals surface area contributed by atoms with Gasteiger partial charge in [0, 0.05) is 24.3 Å². The molecular weight excluding hydrogens is 526 g/mol. The second-order valence-corrected chi connectivity index (χ2v) is 12.0. The van der Waals surface area contributed by atoms with E-state index in [0.717, 1.165) is 39.0 Å². The number of carbonyl (C=O) groups is 2. The van der Waals surface area contributed by atoms with E-state index in [1.54, 1.807) is 18.2 Å². The lowest BCUT2D eigenvalue weighted by Gasteiger charge is -2.24. The van der Waals surface area contributed by atoms with Gasteiger partial charge in [0.25, 0.3) is 5.91 Å². The van der Waals surface area contributed by atoms with E-state index in [2.05, 4.69) is 11.4 Å². The summed E-state index contributed by atoms with van der Waals surface area (Å²) in [5.41, 5.74) is 13.5. The lowest BCUT2D eigenvalue weighted by Crippen LogP contribution is -2.34. The fourth-order valence-corrected chi connectivity index (χ4v) is 6.03. The first-order chi connectivity index (χ1) is 19.1. The van der Waals surface area contributed by atoms with Crippen molar-refractivity contribution in [1.29, 1.82) is 0 Å². The molecule has 5 rings (SSSR count). The smallest absolute Gasteiger partial charge is 0.262 e. The number of sulfonamides is 1. The van der Waals surface area contributed by atoms with Gasteiger partial charge in [-0.25, -0.2) is 8.42 Å². The van der Waals surface area contributed by atoms with Crippen LogP contribution in [0.15, 0.2) is 77.9 Å². The molecule has 8 nitrogen and oxygen atoms in total. The summed E-state index contributed by atoms with van der Waals surface area (Å²) in [6, 6.07) is 18.5. The number of nitrogens with one attached hydrogen (secondary N) is 1. The maximum absolute atomic E-state index is 12.7. The largest absolute Gasteiger partial charge is 0.484 e. The molecule has 3 aromatic carbocycles. The van der Waals surface area contributed by atoms with Crippen molar-refractivity contribution in [2.24, 2.45) is 5.73 Å². The summed E-state index contributed by atoms with van der Waals surface area (Å²) in [5.74, 6) is -0.143. The summed E-state index contributed by atoms with van der Waals surface area (Å²) in [5, 5.41) is 2.95. The fourth-order valence-electron chi connectivity index (χ4n) is 5.27. The van der Waals surface area contributed by atoms with Gasteiger partial charge in [-0.05, 0) is 83.0 Å². The van der Waals surface area contributed by atoms with Crippen molar-refractivity contribution in [3.63, 3.8) is 0 Å². The molecule has 9 heteroatoms. The maximum atomic E-state index is 12.7. The average molecular weight is 558 g/mol. The molecule has 3 aromatic rings. The Morgan fingerprint density at radius 3 is 2.45 bits per heavy atom. The lowest BCUT2D eigenvalue weighted by molar-refractivity contribution is -0.118. The molecule has 206 valence electrons. The molecule has 1 aliphatic carbocycles. The van der Waals surface area contributed by atoms with Crippen molar-refractivity contribution in [3.05, 3.63) is 100 Å². The number of amides is 2. The van der Waals surface area contributed by atoms with E-state index in [-0.39, 0.29) is 12.5 Å². The van der Waals surface area contributed by atoms with Crippen LogP contribution in [-0.4, -0.2) is 50.5 Å². The van der Waals surface area contributed by atoms with Gasteiger partial charge in [-0.2, -0.15) is 4.31 Å². The third-order valence-corrected chi connectivity index (χ3v) is 8.64. The van der Waals surface area contributed by atoms with Crippen LogP contribution >= 0.6 is 0 Å². The number of fused-ring (bicyclic) bond motifs is 1. The number of nitrogens with two attached hydrogens (primary N) is 1. The van der Waals surface area contributed by atoms with E-state index in [1.807, 2.05) is 55.5 Å². The van der Waals surface area contributed by atoms with E-state index in [1.165, 1.54) is 10.6 Å². The number of nitrogens with zero attached hydrogens (tertiary/aromatic N) is 1. The monoisotopic (exact) mass is 557 g/mol. The number of rotatable bonds is 8. The molecular formula is C31H31N3O5S. The van der Waals surface area contributed by atoms with Gasteiger partial charge in [0.2, 0.25) is 15.9 Å². The van der Waals surface area contributed by atoms with Crippen molar-refractivity contribution >= 4 is 33.6 Å². The van der Waals surface area contributed by atoms with Crippen LogP contribution in [0.25, 0.3) is 17.2 Å². The molecule has 0 fully saturated rings. The Balaban J connectivity index is 1.44.